The van der Waals surface area contributed by atoms with Crippen LogP contribution in [-0.2, 0) is 14.4 Å². The number of hydrogen-bond acceptors (Lipinski definition) is 5. The van der Waals surface area contributed by atoms with Gasteiger partial charge in [-0.1, -0.05) is 24.3 Å². The number of carbonyl (C=O) groups excluding carboxylic acids is 3. The van der Waals surface area contributed by atoms with E-state index in [1.54, 1.807) is 0 Å². The van der Waals surface area contributed by atoms with Crippen molar-refractivity contribution in [2.45, 2.75) is 46.0 Å². The first-order valence-corrected chi connectivity index (χ1v) is 10.7. The third kappa shape index (κ3) is 4.26. The fourth-order valence-electron chi connectivity index (χ4n) is 4.35. The summed E-state index contributed by atoms with van der Waals surface area (Å²) in [7, 11) is 0. The SMILES string of the molecule is Cc1cccc(NC(=O)ON2C(=O)CCC2=O)c1-c1c(C)cccc1N1CCCCC1. The number of benzene rings is 2. The van der Waals surface area contributed by atoms with Crippen LogP contribution >= 0.6 is 0 Å². The molecule has 162 valence electrons. The average Bonchev–Trinajstić information content (AvgIpc) is 3.07. The maximum Gasteiger partial charge on any atom is 0.436 e. The summed E-state index contributed by atoms with van der Waals surface area (Å²) in [5, 5.41) is 3.30. The number of piperidine rings is 1. The number of aryl methyl sites for hydroxylation is 2. The lowest BCUT2D eigenvalue weighted by atomic mass is 9.92. The molecule has 0 spiro atoms. The zero-order valence-corrected chi connectivity index (χ0v) is 17.9. The van der Waals surface area contributed by atoms with E-state index >= 15 is 0 Å². The van der Waals surface area contributed by atoms with Crippen molar-refractivity contribution >= 4 is 29.3 Å². The molecule has 2 heterocycles. The predicted octanol–water partition coefficient (Wildman–Crippen LogP) is 4.57. The summed E-state index contributed by atoms with van der Waals surface area (Å²) < 4.78 is 0. The lowest BCUT2D eigenvalue weighted by Gasteiger charge is -2.32. The Balaban J connectivity index is 1.68. The van der Waals surface area contributed by atoms with Crippen LogP contribution in [0.1, 0.15) is 43.2 Å². The second kappa shape index (κ2) is 8.79. The topological polar surface area (TPSA) is 79.0 Å². The van der Waals surface area contributed by atoms with Gasteiger partial charge in [-0.05, 0) is 56.4 Å². The van der Waals surface area contributed by atoms with E-state index in [1.165, 1.54) is 6.42 Å². The van der Waals surface area contributed by atoms with Crippen LogP contribution < -0.4 is 10.2 Å². The second-order valence-electron chi connectivity index (χ2n) is 8.10. The molecule has 2 aliphatic heterocycles. The first-order valence-electron chi connectivity index (χ1n) is 10.7. The Bertz CT molecular complexity index is 1010. The van der Waals surface area contributed by atoms with E-state index in [0.717, 1.165) is 53.9 Å². The molecule has 0 aliphatic carbocycles. The molecule has 1 N–H and O–H groups in total. The minimum Gasteiger partial charge on any atom is -0.371 e. The predicted molar refractivity (Wildman–Crippen MR) is 119 cm³/mol. The number of imide groups is 1. The Kier molecular flexibility index (Phi) is 5.93. The Morgan fingerprint density at radius 3 is 2.16 bits per heavy atom. The molecule has 4 rings (SSSR count). The van der Waals surface area contributed by atoms with E-state index in [0.29, 0.717) is 10.8 Å². The van der Waals surface area contributed by atoms with Crippen LogP contribution in [0.4, 0.5) is 16.2 Å². The van der Waals surface area contributed by atoms with Gasteiger partial charge in [0.1, 0.15) is 0 Å². The molecular weight excluding hydrogens is 394 g/mol. The van der Waals surface area contributed by atoms with Gasteiger partial charge in [-0.2, -0.15) is 0 Å². The molecule has 7 nitrogen and oxygen atoms in total. The average molecular weight is 421 g/mol. The monoisotopic (exact) mass is 421 g/mol. The highest BCUT2D eigenvalue weighted by atomic mass is 16.7. The van der Waals surface area contributed by atoms with Gasteiger partial charge in [-0.3, -0.25) is 14.9 Å². The van der Waals surface area contributed by atoms with E-state index in [1.807, 2.05) is 25.1 Å². The van der Waals surface area contributed by atoms with Crippen molar-refractivity contribution in [2.75, 3.05) is 23.3 Å². The van der Waals surface area contributed by atoms with Crippen molar-refractivity contribution in [3.8, 4) is 11.1 Å². The lowest BCUT2D eigenvalue weighted by Crippen LogP contribution is -2.34. The summed E-state index contributed by atoms with van der Waals surface area (Å²) in [4.78, 5) is 43.5. The Hall–Kier alpha value is -3.35. The second-order valence-corrected chi connectivity index (χ2v) is 8.10. The number of hydrogen-bond donors (Lipinski definition) is 1. The number of amides is 3. The van der Waals surface area contributed by atoms with E-state index in [9.17, 15) is 14.4 Å². The summed E-state index contributed by atoms with van der Waals surface area (Å²) in [6.45, 7) is 6.09. The number of nitrogens with one attached hydrogen (secondary N) is 1. The third-order valence-electron chi connectivity index (χ3n) is 5.89. The summed E-state index contributed by atoms with van der Waals surface area (Å²) >= 11 is 0. The summed E-state index contributed by atoms with van der Waals surface area (Å²) in [6, 6.07) is 11.9. The number of anilines is 2. The number of carbonyl (C=O) groups is 3. The largest absolute Gasteiger partial charge is 0.436 e. The van der Waals surface area contributed by atoms with Crippen LogP contribution in [-0.4, -0.2) is 36.1 Å². The molecular formula is C24H27N3O4. The minimum absolute atomic E-state index is 0.0597. The fraction of sp³-hybridized carbons (Fsp3) is 0.375. The van der Waals surface area contributed by atoms with Crippen molar-refractivity contribution in [2.24, 2.45) is 0 Å². The number of rotatable bonds is 4. The first kappa shape index (κ1) is 20.9. The van der Waals surface area contributed by atoms with Gasteiger partial charge in [-0.15, -0.1) is 5.06 Å². The van der Waals surface area contributed by atoms with E-state index in [-0.39, 0.29) is 12.8 Å². The number of nitrogens with zero attached hydrogens (tertiary/aromatic N) is 2. The van der Waals surface area contributed by atoms with Crippen molar-refractivity contribution in [3.63, 3.8) is 0 Å². The van der Waals surface area contributed by atoms with Crippen LogP contribution in [0.3, 0.4) is 0 Å². The molecule has 2 aromatic rings. The van der Waals surface area contributed by atoms with Crippen LogP contribution in [0, 0.1) is 13.8 Å². The molecule has 2 aromatic carbocycles. The van der Waals surface area contributed by atoms with Gasteiger partial charge in [0.25, 0.3) is 11.8 Å². The van der Waals surface area contributed by atoms with Gasteiger partial charge in [-0.25, -0.2) is 4.79 Å². The van der Waals surface area contributed by atoms with Crippen molar-refractivity contribution in [1.29, 1.82) is 0 Å². The van der Waals surface area contributed by atoms with Gasteiger partial charge in [0.2, 0.25) is 0 Å². The molecule has 2 fully saturated rings. The van der Waals surface area contributed by atoms with Crippen molar-refractivity contribution < 1.29 is 19.2 Å². The molecule has 2 aliphatic rings. The van der Waals surface area contributed by atoms with Crippen LogP contribution in [0.5, 0.6) is 0 Å². The molecule has 3 amide bonds. The van der Waals surface area contributed by atoms with Crippen molar-refractivity contribution in [3.05, 3.63) is 47.5 Å². The van der Waals surface area contributed by atoms with Gasteiger partial charge >= 0.3 is 6.09 Å². The van der Waals surface area contributed by atoms with Crippen LogP contribution in [0.2, 0.25) is 0 Å². The van der Waals surface area contributed by atoms with Crippen LogP contribution in [0.25, 0.3) is 11.1 Å². The smallest absolute Gasteiger partial charge is 0.371 e. The highest BCUT2D eigenvalue weighted by molar-refractivity contribution is 6.03. The van der Waals surface area contributed by atoms with E-state index in [2.05, 4.69) is 35.3 Å². The Labute approximate surface area is 181 Å². The molecule has 0 atom stereocenters. The standard InChI is InChI=1S/C24H27N3O4/c1-16-8-6-10-18(25-24(30)31-27-20(28)12-13-21(27)29)22(16)23-17(2)9-7-11-19(23)26-14-4-3-5-15-26/h6-11H,3-5,12-15H2,1-2H3,(H,25,30). The van der Waals surface area contributed by atoms with Crippen molar-refractivity contribution in [1.82, 2.24) is 5.06 Å². The maximum absolute atomic E-state index is 12.5. The summed E-state index contributed by atoms with van der Waals surface area (Å²) in [6.07, 6.45) is 2.83. The molecule has 0 aromatic heterocycles. The maximum atomic E-state index is 12.5. The molecule has 2 saturated heterocycles. The third-order valence-corrected chi connectivity index (χ3v) is 5.89. The minimum atomic E-state index is -0.858. The molecule has 0 radical (unpaired) electrons. The summed E-state index contributed by atoms with van der Waals surface area (Å²) in [5.41, 5.74) is 5.84. The van der Waals surface area contributed by atoms with Gasteiger partial charge < -0.3 is 9.74 Å². The molecule has 0 unspecified atom stereocenters. The van der Waals surface area contributed by atoms with E-state index < -0.39 is 17.9 Å². The molecule has 31 heavy (non-hydrogen) atoms. The normalized spacial score (nSPS) is 16.6. The molecule has 0 saturated carbocycles. The van der Waals surface area contributed by atoms with Gasteiger partial charge in [0.15, 0.2) is 0 Å². The Morgan fingerprint density at radius 1 is 0.871 bits per heavy atom. The highest BCUT2D eigenvalue weighted by Gasteiger charge is 2.33. The first-order chi connectivity index (χ1) is 15.0. The zero-order chi connectivity index (χ0) is 22.0. The van der Waals surface area contributed by atoms with E-state index in [4.69, 9.17) is 4.84 Å². The van der Waals surface area contributed by atoms with Gasteiger partial charge in [0.05, 0.1) is 5.69 Å². The summed E-state index contributed by atoms with van der Waals surface area (Å²) in [5.74, 6) is -1.01. The highest BCUT2D eigenvalue weighted by Crippen LogP contribution is 2.41. The zero-order valence-electron chi connectivity index (χ0n) is 17.9. The van der Waals surface area contributed by atoms with Gasteiger partial charge in [0, 0.05) is 42.7 Å². The number of hydroxylamine groups is 2. The molecule has 0 bridgehead atoms. The fourth-order valence-corrected chi connectivity index (χ4v) is 4.35. The molecule has 7 heteroatoms. The van der Waals surface area contributed by atoms with Crippen LogP contribution in [0.15, 0.2) is 36.4 Å². The Morgan fingerprint density at radius 2 is 1.48 bits per heavy atom. The quantitative estimate of drug-likeness (QED) is 0.732. The lowest BCUT2D eigenvalue weighted by molar-refractivity contribution is -0.170.